The van der Waals surface area contributed by atoms with Gasteiger partial charge in [-0.3, -0.25) is 14.9 Å². The molecule has 0 fully saturated rings. The molecule has 1 amide bonds. The molecule has 138 valence electrons. The van der Waals surface area contributed by atoms with E-state index in [1.165, 1.54) is 29.8 Å². The Kier molecular flexibility index (Phi) is 6.33. The highest BCUT2D eigenvalue weighted by molar-refractivity contribution is 5.90. The van der Waals surface area contributed by atoms with Crippen LogP contribution in [0, 0.1) is 10.1 Å². The van der Waals surface area contributed by atoms with Gasteiger partial charge >= 0.3 is 0 Å². The summed E-state index contributed by atoms with van der Waals surface area (Å²) < 4.78 is 5.66. The molecule has 2 rings (SSSR count). The second-order valence-corrected chi connectivity index (χ2v) is 7.08. The zero-order valence-electron chi connectivity index (χ0n) is 15.3. The Morgan fingerprint density at radius 1 is 1.08 bits per heavy atom. The molecular formula is C20H24N2O4. The first-order valence-corrected chi connectivity index (χ1v) is 8.53. The van der Waals surface area contributed by atoms with Crippen LogP contribution in [0.15, 0.2) is 48.5 Å². The Balaban J connectivity index is 1.72. The number of anilines is 1. The molecule has 2 aromatic carbocycles. The van der Waals surface area contributed by atoms with Gasteiger partial charge in [0.05, 0.1) is 11.5 Å². The number of nitrogens with one attached hydrogen (secondary N) is 1. The molecule has 6 nitrogen and oxygen atoms in total. The molecule has 0 spiro atoms. The summed E-state index contributed by atoms with van der Waals surface area (Å²) >= 11 is 0. The average Bonchev–Trinajstić information content (AvgIpc) is 2.59. The molecule has 0 unspecified atom stereocenters. The van der Waals surface area contributed by atoms with Crippen molar-refractivity contribution in [3.63, 3.8) is 0 Å². The van der Waals surface area contributed by atoms with Crippen molar-refractivity contribution in [1.82, 2.24) is 0 Å². The SMILES string of the molecule is CC(C)(C)c1ccc(OCCCC(=O)Nc2ccc([N+](=O)[O-])cc2)cc1. The Labute approximate surface area is 153 Å². The molecule has 0 aliphatic heterocycles. The minimum Gasteiger partial charge on any atom is -0.494 e. The zero-order chi connectivity index (χ0) is 19.2. The number of hydrogen-bond acceptors (Lipinski definition) is 4. The highest BCUT2D eigenvalue weighted by Gasteiger charge is 2.13. The highest BCUT2D eigenvalue weighted by atomic mass is 16.6. The van der Waals surface area contributed by atoms with Crippen LogP contribution in [-0.2, 0) is 10.2 Å². The molecule has 1 N–H and O–H groups in total. The van der Waals surface area contributed by atoms with Gasteiger partial charge in [0.15, 0.2) is 0 Å². The van der Waals surface area contributed by atoms with Gasteiger partial charge in [0, 0.05) is 24.2 Å². The Bertz CT molecular complexity index is 747. The molecule has 0 radical (unpaired) electrons. The van der Waals surface area contributed by atoms with Crippen LogP contribution in [0.3, 0.4) is 0 Å². The van der Waals surface area contributed by atoms with Crippen LogP contribution >= 0.6 is 0 Å². The third kappa shape index (κ3) is 5.88. The maximum atomic E-state index is 11.9. The Hall–Kier alpha value is -2.89. The van der Waals surface area contributed by atoms with Crippen molar-refractivity contribution < 1.29 is 14.5 Å². The zero-order valence-corrected chi connectivity index (χ0v) is 15.3. The van der Waals surface area contributed by atoms with E-state index >= 15 is 0 Å². The molecule has 0 saturated carbocycles. The van der Waals surface area contributed by atoms with Gasteiger partial charge in [-0.05, 0) is 41.7 Å². The highest BCUT2D eigenvalue weighted by Crippen LogP contribution is 2.24. The maximum Gasteiger partial charge on any atom is 0.269 e. The number of nitro benzene ring substituents is 1. The summed E-state index contributed by atoms with van der Waals surface area (Å²) in [4.78, 5) is 22.0. The van der Waals surface area contributed by atoms with Crippen molar-refractivity contribution in [2.75, 3.05) is 11.9 Å². The van der Waals surface area contributed by atoms with Gasteiger partial charge < -0.3 is 10.1 Å². The standard InChI is InChI=1S/C20H24N2O4/c1-20(2,3)15-6-12-18(13-7-15)26-14-4-5-19(23)21-16-8-10-17(11-9-16)22(24)25/h6-13H,4-5,14H2,1-3H3,(H,21,23). The Morgan fingerprint density at radius 3 is 2.23 bits per heavy atom. The molecule has 0 bridgehead atoms. The summed E-state index contributed by atoms with van der Waals surface area (Å²) in [5.41, 5.74) is 1.88. The van der Waals surface area contributed by atoms with Gasteiger partial charge in [-0.15, -0.1) is 0 Å². The van der Waals surface area contributed by atoms with E-state index in [4.69, 9.17) is 4.74 Å². The molecule has 6 heteroatoms. The predicted molar refractivity (Wildman–Crippen MR) is 102 cm³/mol. The molecule has 26 heavy (non-hydrogen) atoms. The lowest BCUT2D eigenvalue weighted by molar-refractivity contribution is -0.384. The largest absolute Gasteiger partial charge is 0.494 e. The number of non-ortho nitro benzene ring substituents is 1. The summed E-state index contributed by atoms with van der Waals surface area (Å²) in [5, 5.41) is 13.3. The second-order valence-electron chi connectivity index (χ2n) is 7.08. The van der Waals surface area contributed by atoms with Gasteiger partial charge in [-0.1, -0.05) is 32.9 Å². The number of benzene rings is 2. The van der Waals surface area contributed by atoms with Crippen LogP contribution in [0.4, 0.5) is 11.4 Å². The summed E-state index contributed by atoms with van der Waals surface area (Å²) in [5.74, 6) is 0.638. The van der Waals surface area contributed by atoms with Crippen LogP contribution in [0.5, 0.6) is 5.75 Å². The molecule has 0 atom stereocenters. The van der Waals surface area contributed by atoms with E-state index in [1.54, 1.807) is 0 Å². The lowest BCUT2D eigenvalue weighted by Crippen LogP contribution is -2.13. The Morgan fingerprint density at radius 2 is 1.69 bits per heavy atom. The summed E-state index contributed by atoms with van der Waals surface area (Å²) in [6.07, 6.45) is 0.900. The summed E-state index contributed by atoms with van der Waals surface area (Å²) in [6, 6.07) is 13.7. The smallest absolute Gasteiger partial charge is 0.269 e. The topological polar surface area (TPSA) is 81.5 Å². The van der Waals surface area contributed by atoms with Crippen molar-refractivity contribution in [3.05, 3.63) is 64.2 Å². The van der Waals surface area contributed by atoms with E-state index in [1.807, 2.05) is 12.1 Å². The van der Waals surface area contributed by atoms with Crippen molar-refractivity contribution in [2.45, 2.75) is 39.0 Å². The third-order valence-electron chi connectivity index (χ3n) is 3.90. The maximum absolute atomic E-state index is 11.9. The van der Waals surface area contributed by atoms with E-state index in [0.717, 1.165) is 5.75 Å². The fraction of sp³-hybridized carbons (Fsp3) is 0.350. The number of rotatable bonds is 7. The van der Waals surface area contributed by atoms with Crippen LogP contribution in [0.25, 0.3) is 0 Å². The lowest BCUT2D eigenvalue weighted by Gasteiger charge is -2.19. The monoisotopic (exact) mass is 356 g/mol. The molecule has 0 aliphatic rings. The summed E-state index contributed by atoms with van der Waals surface area (Å²) in [6.45, 7) is 6.92. The molecule has 0 saturated heterocycles. The number of nitrogens with zero attached hydrogens (tertiary/aromatic N) is 1. The van der Waals surface area contributed by atoms with Crippen molar-refractivity contribution in [2.24, 2.45) is 0 Å². The fourth-order valence-electron chi connectivity index (χ4n) is 2.36. The van der Waals surface area contributed by atoms with Crippen molar-refractivity contribution >= 4 is 17.3 Å². The lowest BCUT2D eigenvalue weighted by atomic mass is 9.87. The summed E-state index contributed by atoms with van der Waals surface area (Å²) in [7, 11) is 0. The fourth-order valence-corrected chi connectivity index (χ4v) is 2.36. The van der Waals surface area contributed by atoms with Crippen LogP contribution in [0.1, 0.15) is 39.2 Å². The van der Waals surface area contributed by atoms with E-state index < -0.39 is 4.92 Å². The van der Waals surface area contributed by atoms with Crippen molar-refractivity contribution in [1.29, 1.82) is 0 Å². The minimum atomic E-state index is -0.475. The second kappa shape index (κ2) is 8.47. The minimum absolute atomic E-state index is 0.00567. The number of amides is 1. The predicted octanol–water partition coefficient (Wildman–Crippen LogP) is 4.69. The number of carbonyl (C=O) groups excluding carboxylic acids is 1. The molecule has 0 heterocycles. The molecule has 0 aliphatic carbocycles. The molecule has 2 aromatic rings. The van der Waals surface area contributed by atoms with Gasteiger partial charge in [0.25, 0.3) is 5.69 Å². The van der Waals surface area contributed by atoms with E-state index in [2.05, 4.69) is 38.2 Å². The third-order valence-corrected chi connectivity index (χ3v) is 3.90. The van der Waals surface area contributed by atoms with Gasteiger partial charge in [0.2, 0.25) is 5.91 Å². The molecule has 0 aromatic heterocycles. The van der Waals surface area contributed by atoms with E-state index in [9.17, 15) is 14.9 Å². The van der Waals surface area contributed by atoms with Crippen LogP contribution in [-0.4, -0.2) is 17.4 Å². The number of carbonyl (C=O) groups is 1. The number of nitro groups is 1. The van der Waals surface area contributed by atoms with Crippen molar-refractivity contribution in [3.8, 4) is 5.75 Å². The quantitative estimate of drug-likeness (QED) is 0.443. The van der Waals surface area contributed by atoms with Gasteiger partial charge in [-0.25, -0.2) is 0 Å². The first-order valence-electron chi connectivity index (χ1n) is 8.53. The average molecular weight is 356 g/mol. The normalized spacial score (nSPS) is 11.0. The van der Waals surface area contributed by atoms with Crippen LogP contribution < -0.4 is 10.1 Å². The van der Waals surface area contributed by atoms with E-state index in [-0.39, 0.29) is 17.0 Å². The van der Waals surface area contributed by atoms with Gasteiger partial charge in [-0.2, -0.15) is 0 Å². The first kappa shape index (κ1) is 19.4. The van der Waals surface area contributed by atoms with Crippen LogP contribution in [0.2, 0.25) is 0 Å². The number of hydrogen-bond donors (Lipinski definition) is 1. The van der Waals surface area contributed by atoms with E-state index in [0.29, 0.717) is 25.1 Å². The molecular weight excluding hydrogens is 332 g/mol. The first-order chi connectivity index (χ1) is 12.3. The number of ether oxygens (including phenoxy) is 1. The van der Waals surface area contributed by atoms with Gasteiger partial charge in [0.1, 0.15) is 5.75 Å².